The summed E-state index contributed by atoms with van der Waals surface area (Å²) in [6.07, 6.45) is 0. The van der Waals surface area contributed by atoms with Gasteiger partial charge in [0.1, 0.15) is 0 Å². The van der Waals surface area contributed by atoms with Gasteiger partial charge in [0.25, 0.3) is 21.0 Å². The summed E-state index contributed by atoms with van der Waals surface area (Å²) >= 11 is 0. The Morgan fingerprint density at radius 2 is 1.85 bits per heavy atom. The number of sulfonamides is 1. The molecule has 0 unspecified atom stereocenters. The fourth-order valence-electron chi connectivity index (χ4n) is 2.57. The molecule has 0 atom stereocenters. The van der Waals surface area contributed by atoms with Gasteiger partial charge in [0, 0.05) is 11.4 Å². The molecule has 0 fully saturated rings. The number of fused-ring (bicyclic) bond motifs is 1. The van der Waals surface area contributed by atoms with Crippen molar-refractivity contribution in [3.63, 3.8) is 0 Å². The third kappa shape index (κ3) is 2.99. The third-order valence-corrected chi connectivity index (χ3v) is 5.17. The molecule has 1 aromatic carbocycles. The van der Waals surface area contributed by atoms with Crippen molar-refractivity contribution in [3.05, 3.63) is 46.3 Å². The van der Waals surface area contributed by atoms with Crippen LogP contribution in [0.4, 0.5) is 5.69 Å². The minimum atomic E-state index is -4.20. The molecule has 9 nitrogen and oxygen atoms in total. The number of nitrogens with one attached hydrogen (secondary N) is 1. The Labute approximate surface area is 149 Å². The molecule has 2 N–H and O–H groups in total. The van der Waals surface area contributed by atoms with Crippen LogP contribution in [0.2, 0.25) is 0 Å². The number of aromatic nitrogens is 4. The molecule has 136 valence electrons. The second-order valence-corrected chi connectivity index (χ2v) is 7.56. The van der Waals surface area contributed by atoms with Crippen molar-refractivity contribution < 1.29 is 18.3 Å². The molecule has 0 aliphatic rings. The number of carboxylic acids is 1. The molecule has 0 saturated carbocycles. The molecular formula is C16H17N5O4S. The lowest BCUT2D eigenvalue weighted by Crippen LogP contribution is -2.18. The highest BCUT2D eigenvalue weighted by Gasteiger charge is 2.25. The quantitative estimate of drug-likeness (QED) is 0.712. The van der Waals surface area contributed by atoms with Crippen LogP contribution >= 0.6 is 0 Å². The normalized spacial score (nSPS) is 11.7. The van der Waals surface area contributed by atoms with E-state index in [4.69, 9.17) is 0 Å². The van der Waals surface area contributed by atoms with Crippen LogP contribution in [0.1, 0.15) is 32.9 Å². The molecule has 2 heterocycles. The maximum Gasteiger partial charge on any atom is 0.337 e. The van der Waals surface area contributed by atoms with E-state index < -0.39 is 21.1 Å². The van der Waals surface area contributed by atoms with Crippen molar-refractivity contribution >= 4 is 27.5 Å². The second-order valence-electron chi connectivity index (χ2n) is 5.99. The smallest absolute Gasteiger partial charge is 0.337 e. The van der Waals surface area contributed by atoms with Gasteiger partial charge >= 0.3 is 5.97 Å². The standard InChI is InChI=1S/C16H17N5O4S/c1-8-5-6-12(14(22)23)13(11(8)4)20-26(24,25)16-18-15-17-9(2)7-10(3)21(15)19-16/h5-7,20H,1-4H3,(H,22,23). The number of aromatic carboxylic acids is 1. The van der Waals surface area contributed by atoms with E-state index in [-0.39, 0.29) is 17.0 Å². The lowest BCUT2D eigenvalue weighted by atomic mass is 10.0. The summed E-state index contributed by atoms with van der Waals surface area (Å²) in [7, 11) is -4.20. The number of benzene rings is 1. The topological polar surface area (TPSA) is 127 Å². The van der Waals surface area contributed by atoms with Crippen molar-refractivity contribution in [2.45, 2.75) is 32.9 Å². The Kier molecular flexibility index (Phi) is 4.15. The van der Waals surface area contributed by atoms with Gasteiger partial charge in [-0.25, -0.2) is 14.3 Å². The largest absolute Gasteiger partial charge is 0.478 e. The molecule has 0 spiro atoms. The summed E-state index contributed by atoms with van der Waals surface area (Å²) in [6.45, 7) is 6.93. The molecule has 0 bridgehead atoms. The zero-order valence-corrected chi connectivity index (χ0v) is 15.4. The fraction of sp³-hybridized carbons (Fsp3) is 0.250. The van der Waals surface area contributed by atoms with Gasteiger partial charge in [0.15, 0.2) is 0 Å². The lowest BCUT2D eigenvalue weighted by Gasteiger charge is -2.13. The second kappa shape index (κ2) is 6.06. The van der Waals surface area contributed by atoms with Crippen molar-refractivity contribution in [3.8, 4) is 0 Å². The molecule has 3 rings (SSSR count). The Morgan fingerprint density at radius 3 is 2.50 bits per heavy atom. The summed E-state index contributed by atoms with van der Waals surface area (Å²) in [5, 5.41) is 12.9. The first-order chi connectivity index (χ1) is 12.1. The average Bonchev–Trinajstić information content (AvgIpc) is 2.96. The molecule has 0 amide bonds. The van der Waals surface area contributed by atoms with Gasteiger partial charge in [-0.3, -0.25) is 4.72 Å². The molecule has 3 aromatic rings. The molecule has 0 aliphatic heterocycles. The summed E-state index contributed by atoms with van der Waals surface area (Å²) in [5.41, 5.74) is 2.48. The molecule has 26 heavy (non-hydrogen) atoms. The zero-order valence-electron chi connectivity index (χ0n) is 14.6. The predicted molar refractivity (Wildman–Crippen MR) is 93.9 cm³/mol. The maximum absolute atomic E-state index is 12.7. The van der Waals surface area contributed by atoms with Gasteiger partial charge in [-0.15, -0.1) is 5.10 Å². The molecule has 2 aromatic heterocycles. The van der Waals surface area contributed by atoms with Crippen LogP contribution < -0.4 is 4.72 Å². The van der Waals surface area contributed by atoms with Gasteiger partial charge in [0.2, 0.25) is 0 Å². The third-order valence-electron chi connectivity index (χ3n) is 4.04. The minimum Gasteiger partial charge on any atom is -0.478 e. The van der Waals surface area contributed by atoms with E-state index in [0.29, 0.717) is 17.0 Å². The zero-order chi connectivity index (χ0) is 19.2. The highest BCUT2D eigenvalue weighted by atomic mass is 32.2. The van der Waals surface area contributed by atoms with E-state index in [1.807, 2.05) is 0 Å². The van der Waals surface area contributed by atoms with E-state index in [1.54, 1.807) is 39.8 Å². The number of aryl methyl sites for hydroxylation is 3. The SMILES string of the molecule is Cc1cc(C)n2nc(S(=O)(=O)Nc3c(C(=O)O)ccc(C)c3C)nc2n1. The van der Waals surface area contributed by atoms with E-state index in [1.165, 1.54) is 10.6 Å². The number of anilines is 1. The van der Waals surface area contributed by atoms with Crippen LogP contribution in [0, 0.1) is 27.7 Å². The first-order valence-electron chi connectivity index (χ1n) is 7.67. The number of hydrogen-bond acceptors (Lipinski definition) is 6. The van der Waals surface area contributed by atoms with E-state index in [9.17, 15) is 18.3 Å². The number of carbonyl (C=O) groups is 1. The molecule has 0 saturated heterocycles. The number of rotatable bonds is 4. The Morgan fingerprint density at radius 1 is 1.15 bits per heavy atom. The summed E-state index contributed by atoms with van der Waals surface area (Å²) in [6, 6.07) is 4.73. The highest BCUT2D eigenvalue weighted by Crippen LogP contribution is 2.26. The fourth-order valence-corrected chi connectivity index (χ4v) is 3.58. The van der Waals surface area contributed by atoms with Gasteiger partial charge in [0.05, 0.1) is 11.3 Å². The summed E-state index contributed by atoms with van der Waals surface area (Å²) in [5.74, 6) is -1.08. The van der Waals surface area contributed by atoms with Crippen molar-refractivity contribution in [1.82, 2.24) is 19.6 Å². The summed E-state index contributed by atoms with van der Waals surface area (Å²) < 4.78 is 29.1. The van der Waals surface area contributed by atoms with Crippen LogP contribution in [0.5, 0.6) is 0 Å². The van der Waals surface area contributed by atoms with Gasteiger partial charge in [-0.1, -0.05) is 6.07 Å². The van der Waals surface area contributed by atoms with Gasteiger partial charge in [-0.2, -0.15) is 13.4 Å². The van der Waals surface area contributed by atoms with E-state index >= 15 is 0 Å². The molecule has 10 heteroatoms. The van der Waals surface area contributed by atoms with Crippen LogP contribution in [-0.4, -0.2) is 39.1 Å². The number of nitrogens with zero attached hydrogens (tertiary/aromatic N) is 4. The van der Waals surface area contributed by atoms with Crippen molar-refractivity contribution in [2.75, 3.05) is 4.72 Å². The van der Waals surface area contributed by atoms with Gasteiger partial charge in [-0.05, 0) is 51.0 Å². The van der Waals surface area contributed by atoms with E-state index in [0.717, 1.165) is 5.56 Å². The maximum atomic E-state index is 12.7. The lowest BCUT2D eigenvalue weighted by molar-refractivity contribution is 0.0698. The molecule has 0 aliphatic carbocycles. The van der Waals surface area contributed by atoms with Crippen LogP contribution in [-0.2, 0) is 10.0 Å². The summed E-state index contributed by atoms with van der Waals surface area (Å²) in [4.78, 5) is 19.6. The number of carboxylic acid groups (broad SMARTS) is 1. The highest BCUT2D eigenvalue weighted by molar-refractivity contribution is 7.92. The predicted octanol–water partition coefficient (Wildman–Crippen LogP) is 1.86. The van der Waals surface area contributed by atoms with Crippen LogP contribution in [0.15, 0.2) is 23.4 Å². The van der Waals surface area contributed by atoms with Crippen molar-refractivity contribution in [1.29, 1.82) is 0 Å². The first-order valence-corrected chi connectivity index (χ1v) is 9.16. The van der Waals surface area contributed by atoms with Crippen molar-refractivity contribution in [2.24, 2.45) is 0 Å². The average molecular weight is 375 g/mol. The number of hydrogen-bond donors (Lipinski definition) is 2. The monoisotopic (exact) mass is 375 g/mol. The van der Waals surface area contributed by atoms with E-state index in [2.05, 4.69) is 19.8 Å². The Bertz CT molecular complexity index is 1150. The Hall–Kier alpha value is -3.01. The molecule has 0 radical (unpaired) electrons. The Balaban J connectivity index is 2.12. The first kappa shape index (κ1) is 17.8. The molecular weight excluding hydrogens is 358 g/mol. The van der Waals surface area contributed by atoms with Crippen LogP contribution in [0.3, 0.4) is 0 Å². The minimum absolute atomic E-state index is 0.00258. The van der Waals surface area contributed by atoms with Crippen LogP contribution in [0.25, 0.3) is 5.78 Å². The van der Waals surface area contributed by atoms with Gasteiger partial charge < -0.3 is 5.11 Å².